The standard InChI is InChI=1S/C23H26F2NO3/c1-14(20-6-2-15-10-17(24)4-8-21(15)28-20)12-26-13-19(27)23-7-3-16-11-18(25)5-9-22(16)29-23/h4-5,8-11,14,19-20,23,27H,2-3,6-7,12-13H2,1H3/t14-,19-,20+,23?/m0/s1. The zero-order valence-electron chi connectivity index (χ0n) is 16.5. The lowest BCUT2D eigenvalue weighted by molar-refractivity contribution is 0.0221. The minimum absolute atomic E-state index is 0.0292. The Balaban J connectivity index is 1.24. The summed E-state index contributed by atoms with van der Waals surface area (Å²) in [5.74, 6) is 1.07. The van der Waals surface area contributed by atoms with E-state index in [0.29, 0.717) is 31.7 Å². The third-order valence-corrected chi connectivity index (χ3v) is 5.80. The van der Waals surface area contributed by atoms with E-state index < -0.39 is 6.10 Å². The van der Waals surface area contributed by atoms with Crippen molar-refractivity contribution in [1.29, 1.82) is 0 Å². The van der Waals surface area contributed by atoms with Crippen molar-refractivity contribution in [1.82, 2.24) is 5.32 Å². The molecular formula is C23H26F2NO3. The molecule has 0 spiro atoms. The van der Waals surface area contributed by atoms with Gasteiger partial charge >= 0.3 is 0 Å². The van der Waals surface area contributed by atoms with E-state index in [4.69, 9.17) is 9.47 Å². The molecule has 0 fully saturated rings. The van der Waals surface area contributed by atoms with Gasteiger partial charge in [0.25, 0.3) is 0 Å². The number of nitrogens with zero attached hydrogens (tertiary/aromatic N) is 1. The molecule has 0 aromatic heterocycles. The molecule has 0 saturated heterocycles. The van der Waals surface area contributed by atoms with Crippen LogP contribution in [0.2, 0.25) is 0 Å². The smallest absolute Gasteiger partial charge is 0.126 e. The largest absolute Gasteiger partial charge is 0.490 e. The summed E-state index contributed by atoms with van der Waals surface area (Å²) in [7, 11) is 0. The molecule has 0 aliphatic carbocycles. The molecule has 1 N–H and O–H groups in total. The summed E-state index contributed by atoms with van der Waals surface area (Å²) in [6.07, 6.45) is 1.94. The van der Waals surface area contributed by atoms with Gasteiger partial charge in [0.15, 0.2) is 0 Å². The maximum absolute atomic E-state index is 13.3. The van der Waals surface area contributed by atoms with Gasteiger partial charge in [-0.25, -0.2) is 14.1 Å². The van der Waals surface area contributed by atoms with Gasteiger partial charge in [0, 0.05) is 19.0 Å². The zero-order valence-corrected chi connectivity index (χ0v) is 16.5. The van der Waals surface area contributed by atoms with Crippen LogP contribution in [-0.4, -0.2) is 36.5 Å². The van der Waals surface area contributed by atoms with Crippen molar-refractivity contribution in [3.63, 3.8) is 0 Å². The lowest BCUT2D eigenvalue weighted by atomic mass is 9.94. The summed E-state index contributed by atoms with van der Waals surface area (Å²) < 4.78 is 38.5. The van der Waals surface area contributed by atoms with Crippen molar-refractivity contribution in [2.45, 2.75) is 50.9 Å². The average molecular weight is 402 g/mol. The van der Waals surface area contributed by atoms with Gasteiger partial charge in [0.2, 0.25) is 0 Å². The van der Waals surface area contributed by atoms with Crippen molar-refractivity contribution in [3.8, 4) is 11.5 Å². The Morgan fingerprint density at radius 3 is 2.10 bits per heavy atom. The molecule has 4 atom stereocenters. The van der Waals surface area contributed by atoms with E-state index in [-0.39, 0.29) is 29.8 Å². The summed E-state index contributed by atoms with van der Waals surface area (Å²) in [6.45, 7) is 2.95. The fourth-order valence-electron chi connectivity index (χ4n) is 4.07. The van der Waals surface area contributed by atoms with Crippen molar-refractivity contribution in [2.24, 2.45) is 5.92 Å². The van der Waals surface area contributed by atoms with Crippen molar-refractivity contribution >= 4 is 0 Å². The zero-order chi connectivity index (χ0) is 20.4. The van der Waals surface area contributed by atoms with E-state index in [1.807, 2.05) is 0 Å². The van der Waals surface area contributed by atoms with E-state index >= 15 is 0 Å². The molecule has 6 heteroatoms. The van der Waals surface area contributed by atoms with Gasteiger partial charge in [-0.1, -0.05) is 6.92 Å². The molecule has 1 unspecified atom stereocenters. The maximum atomic E-state index is 13.3. The lowest BCUT2D eigenvalue weighted by Crippen LogP contribution is -2.41. The summed E-state index contributed by atoms with van der Waals surface area (Å²) in [5, 5.41) is 15.0. The molecule has 2 aromatic rings. The lowest BCUT2D eigenvalue weighted by Gasteiger charge is -2.31. The second-order valence-corrected chi connectivity index (χ2v) is 8.03. The number of aryl methyl sites for hydroxylation is 2. The van der Waals surface area contributed by atoms with Gasteiger partial charge in [0.05, 0.1) is 0 Å². The Hall–Kier alpha value is -2.18. The molecule has 4 rings (SSSR count). The van der Waals surface area contributed by atoms with Crippen LogP contribution in [0.15, 0.2) is 36.4 Å². The van der Waals surface area contributed by atoms with Gasteiger partial charge < -0.3 is 14.6 Å². The van der Waals surface area contributed by atoms with E-state index in [1.54, 1.807) is 12.1 Å². The SMILES string of the molecule is C[C@@H](C[N]C[C@H](O)C1CCc2cc(F)ccc2O1)[C@H]1CCc2cc(F)ccc2O1. The Bertz CT molecular complexity index is 791. The third kappa shape index (κ3) is 4.70. The van der Waals surface area contributed by atoms with Crippen LogP contribution in [0.4, 0.5) is 8.78 Å². The molecule has 0 saturated carbocycles. The van der Waals surface area contributed by atoms with Crippen LogP contribution in [0, 0.1) is 17.6 Å². The van der Waals surface area contributed by atoms with Gasteiger partial charge in [-0.3, -0.25) is 0 Å². The molecule has 155 valence electrons. The van der Waals surface area contributed by atoms with Crippen molar-refractivity contribution < 1.29 is 23.4 Å². The highest BCUT2D eigenvalue weighted by Gasteiger charge is 2.28. The highest BCUT2D eigenvalue weighted by molar-refractivity contribution is 5.36. The first-order valence-corrected chi connectivity index (χ1v) is 10.2. The molecule has 1 radical (unpaired) electrons. The summed E-state index contributed by atoms with van der Waals surface area (Å²) in [5.41, 5.74) is 1.75. The number of benzene rings is 2. The number of aliphatic hydroxyl groups excluding tert-OH is 1. The van der Waals surface area contributed by atoms with Crippen LogP contribution in [0.25, 0.3) is 0 Å². The van der Waals surface area contributed by atoms with E-state index in [9.17, 15) is 13.9 Å². The van der Waals surface area contributed by atoms with E-state index in [0.717, 1.165) is 29.7 Å². The third-order valence-electron chi connectivity index (χ3n) is 5.80. The molecule has 2 heterocycles. The number of halogens is 2. The van der Waals surface area contributed by atoms with Crippen LogP contribution < -0.4 is 14.8 Å². The number of rotatable bonds is 6. The summed E-state index contributed by atoms with van der Waals surface area (Å²) in [6, 6.07) is 9.12. The molecule has 0 amide bonds. The van der Waals surface area contributed by atoms with Crippen LogP contribution in [0.1, 0.15) is 30.9 Å². The fourth-order valence-corrected chi connectivity index (χ4v) is 4.07. The molecule has 29 heavy (non-hydrogen) atoms. The quantitative estimate of drug-likeness (QED) is 0.803. The number of hydrogen-bond acceptors (Lipinski definition) is 3. The van der Waals surface area contributed by atoms with Gasteiger partial charge in [-0.2, -0.15) is 0 Å². The number of aliphatic hydroxyl groups is 1. The highest BCUT2D eigenvalue weighted by Crippen LogP contribution is 2.31. The predicted molar refractivity (Wildman–Crippen MR) is 105 cm³/mol. The number of ether oxygens (including phenoxy) is 2. The van der Waals surface area contributed by atoms with Crippen LogP contribution in [0.3, 0.4) is 0 Å². The molecular weight excluding hydrogens is 376 g/mol. The first kappa shape index (κ1) is 20.1. The van der Waals surface area contributed by atoms with E-state index in [1.165, 1.54) is 24.3 Å². The first-order valence-electron chi connectivity index (χ1n) is 10.2. The molecule has 4 nitrogen and oxygen atoms in total. The Morgan fingerprint density at radius 1 is 0.931 bits per heavy atom. The Labute approximate surface area is 169 Å². The van der Waals surface area contributed by atoms with Gasteiger partial charge in [-0.15, -0.1) is 0 Å². The van der Waals surface area contributed by atoms with E-state index in [2.05, 4.69) is 12.2 Å². The summed E-state index contributed by atoms with van der Waals surface area (Å²) in [4.78, 5) is 0. The molecule has 0 bridgehead atoms. The fraction of sp³-hybridized carbons (Fsp3) is 0.478. The first-order chi connectivity index (χ1) is 14.0. The Kier molecular flexibility index (Phi) is 6.01. The number of hydrogen-bond donors (Lipinski definition) is 1. The second kappa shape index (κ2) is 8.67. The minimum atomic E-state index is -0.698. The van der Waals surface area contributed by atoms with Gasteiger partial charge in [0.1, 0.15) is 41.4 Å². The Morgan fingerprint density at radius 2 is 1.48 bits per heavy atom. The highest BCUT2D eigenvalue weighted by atomic mass is 19.1. The second-order valence-electron chi connectivity index (χ2n) is 8.03. The molecule has 2 aliphatic rings. The predicted octanol–water partition coefficient (Wildman–Crippen LogP) is 3.65. The molecule has 2 aliphatic heterocycles. The molecule has 2 aromatic carbocycles. The topological polar surface area (TPSA) is 52.8 Å². The minimum Gasteiger partial charge on any atom is -0.490 e. The monoisotopic (exact) mass is 402 g/mol. The summed E-state index contributed by atoms with van der Waals surface area (Å²) >= 11 is 0. The van der Waals surface area contributed by atoms with Crippen LogP contribution in [0.5, 0.6) is 11.5 Å². The van der Waals surface area contributed by atoms with Gasteiger partial charge in [-0.05, 0) is 73.2 Å². The maximum Gasteiger partial charge on any atom is 0.126 e. The normalized spacial score (nSPS) is 22.6. The van der Waals surface area contributed by atoms with Crippen molar-refractivity contribution in [2.75, 3.05) is 13.1 Å². The van der Waals surface area contributed by atoms with Crippen LogP contribution in [-0.2, 0) is 12.8 Å². The average Bonchev–Trinajstić information content (AvgIpc) is 2.72. The number of fused-ring (bicyclic) bond motifs is 2. The van der Waals surface area contributed by atoms with Crippen LogP contribution >= 0.6 is 0 Å². The van der Waals surface area contributed by atoms with Crippen molar-refractivity contribution in [3.05, 3.63) is 59.2 Å².